The number of amides is 1. The normalized spacial score (nSPS) is 18.9. The average Bonchev–Trinajstić information content (AvgIpc) is 2.52. The topological polar surface area (TPSA) is 58.1 Å². The first-order valence-electron chi connectivity index (χ1n) is 7.89. The number of hydrogen-bond donors (Lipinski definition) is 1. The minimum atomic E-state index is -0.103. The van der Waals surface area contributed by atoms with Gasteiger partial charge in [-0.25, -0.2) is 9.97 Å². The summed E-state index contributed by atoms with van der Waals surface area (Å²) in [4.78, 5) is 22.7. The smallest absolute Gasteiger partial charge is 0.243 e. The van der Waals surface area contributed by atoms with E-state index in [2.05, 4.69) is 42.6 Å². The second-order valence-corrected chi connectivity index (χ2v) is 6.89. The molecule has 0 bridgehead atoms. The van der Waals surface area contributed by atoms with Crippen molar-refractivity contribution in [2.45, 2.75) is 39.0 Å². The summed E-state index contributed by atoms with van der Waals surface area (Å²) < 4.78 is 0. The van der Waals surface area contributed by atoms with Crippen LogP contribution in [0.25, 0.3) is 0 Å². The quantitative estimate of drug-likeness (QED) is 0.867. The van der Waals surface area contributed by atoms with E-state index < -0.39 is 0 Å². The molecule has 0 saturated carbocycles. The van der Waals surface area contributed by atoms with E-state index in [1.807, 2.05) is 12.3 Å². The standard InChI is InChI=1S/C17H26N4O/c1-5-15(22)19-11-13-7-6-10-21(12-13)14-8-9-18-16(20-14)17(2,3)4/h5,8-9,13H,1,6-7,10-12H2,2-4H3,(H,19,22)/t13-/m1/s1. The minimum absolute atomic E-state index is 0.0524. The zero-order valence-corrected chi connectivity index (χ0v) is 13.8. The largest absolute Gasteiger partial charge is 0.356 e. The molecule has 2 rings (SSSR count). The van der Waals surface area contributed by atoms with Crippen molar-refractivity contribution < 1.29 is 4.79 Å². The van der Waals surface area contributed by atoms with Gasteiger partial charge in [-0.2, -0.15) is 0 Å². The summed E-state index contributed by atoms with van der Waals surface area (Å²) in [5.74, 6) is 2.20. The Balaban J connectivity index is 2.03. The van der Waals surface area contributed by atoms with Crippen LogP contribution in [0.2, 0.25) is 0 Å². The second-order valence-electron chi connectivity index (χ2n) is 6.89. The molecule has 1 fully saturated rings. The molecular weight excluding hydrogens is 276 g/mol. The average molecular weight is 302 g/mol. The summed E-state index contributed by atoms with van der Waals surface area (Å²) in [6.07, 6.45) is 5.40. The number of carbonyl (C=O) groups excluding carboxylic acids is 1. The van der Waals surface area contributed by atoms with Crippen LogP contribution in [0.3, 0.4) is 0 Å². The molecule has 2 heterocycles. The first-order valence-corrected chi connectivity index (χ1v) is 7.89. The van der Waals surface area contributed by atoms with Crippen molar-refractivity contribution in [3.63, 3.8) is 0 Å². The van der Waals surface area contributed by atoms with Crippen LogP contribution < -0.4 is 10.2 Å². The van der Waals surface area contributed by atoms with Gasteiger partial charge in [0.15, 0.2) is 0 Å². The van der Waals surface area contributed by atoms with Gasteiger partial charge in [-0.1, -0.05) is 27.4 Å². The number of carbonyl (C=O) groups is 1. The van der Waals surface area contributed by atoms with Gasteiger partial charge >= 0.3 is 0 Å². The summed E-state index contributed by atoms with van der Waals surface area (Å²) >= 11 is 0. The Morgan fingerprint density at radius 3 is 3.00 bits per heavy atom. The third-order valence-corrected chi connectivity index (χ3v) is 3.91. The Kier molecular flexibility index (Phi) is 5.16. The van der Waals surface area contributed by atoms with E-state index in [9.17, 15) is 4.79 Å². The number of nitrogens with one attached hydrogen (secondary N) is 1. The van der Waals surface area contributed by atoms with Gasteiger partial charge in [-0.05, 0) is 30.9 Å². The lowest BCUT2D eigenvalue weighted by Crippen LogP contribution is -2.41. The molecule has 0 aromatic carbocycles. The van der Waals surface area contributed by atoms with Crippen LogP contribution in [-0.4, -0.2) is 35.5 Å². The molecular formula is C17H26N4O. The van der Waals surface area contributed by atoms with Crippen LogP contribution in [0.1, 0.15) is 39.4 Å². The van der Waals surface area contributed by atoms with Crippen LogP contribution in [0.5, 0.6) is 0 Å². The molecule has 5 nitrogen and oxygen atoms in total. The lowest BCUT2D eigenvalue weighted by molar-refractivity contribution is -0.116. The second kappa shape index (κ2) is 6.90. The highest BCUT2D eigenvalue weighted by Crippen LogP contribution is 2.24. The van der Waals surface area contributed by atoms with Gasteiger partial charge in [0.2, 0.25) is 5.91 Å². The SMILES string of the molecule is C=CC(=O)NC[C@H]1CCCN(c2ccnc(C(C)(C)C)n2)C1. The Bertz CT molecular complexity index is 536. The molecule has 0 aliphatic carbocycles. The van der Waals surface area contributed by atoms with Crippen molar-refractivity contribution in [3.05, 3.63) is 30.7 Å². The number of rotatable bonds is 4. The van der Waals surface area contributed by atoms with E-state index in [4.69, 9.17) is 4.98 Å². The molecule has 0 radical (unpaired) electrons. The Morgan fingerprint density at radius 1 is 1.55 bits per heavy atom. The first kappa shape index (κ1) is 16.5. The fraction of sp³-hybridized carbons (Fsp3) is 0.588. The molecule has 1 aromatic heterocycles. The maximum Gasteiger partial charge on any atom is 0.243 e. The van der Waals surface area contributed by atoms with Crippen molar-refractivity contribution in [2.24, 2.45) is 5.92 Å². The molecule has 0 spiro atoms. The van der Waals surface area contributed by atoms with Crippen molar-refractivity contribution in [3.8, 4) is 0 Å². The van der Waals surface area contributed by atoms with Crippen LogP contribution in [-0.2, 0) is 10.2 Å². The molecule has 1 aromatic rings. The molecule has 120 valence electrons. The van der Waals surface area contributed by atoms with Crippen LogP contribution in [0, 0.1) is 5.92 Å². The summed E-state index contributed by atoms with van der Waals surface area (Å²) in [5.41, 5.74) is -0.0524. The van der Waals surface area contributed by atoms with Crippen LogP contribution in [0.15, 0.2) is 24.9 Å². The number of hydrogen-bond acceptors (Lipinski definition) is 4. The Labute approximate surface area is 132 Å². The summed E-state index contributed by atoms with van der Waals surface area (Å²) in [6, 6.07) is 1.97. The van der Waals surface area contributed by atoms with Gasteiger partial charge in [-0.15, -0.1) is 0 Å². The summed E-state index contributed by atoms with van der Waals surface area (Å²) in [5, 5.41) is 2.89. The molecule has 22 heavy (non-hydrogen) atoms. The maximum atomic E-state index is 11.3. The third kappa shape index (κ3) is 4.29. The molecule has 1 N–H and O–H groups in total. The van der Waals surface area contributed by atoms with Gasteiger partial charge in [0, 0.05) is 31.2 Å². The highest BCUT2D eigenvalue weighted by molar-refractivity contribution is 5.86. The number of nitrogens with zero attached hydrogens (tertiary/aromatic N) is 3. The van der Waals surface area contributed by atoms with Crippen molar-refractivity contribution in [2.75, 3.05) is 24.5 Å². The Morgan fingerprint density at radius 2 is 2.32 bits per heavy atom. The molecule has 0 unspecified atom stereocenters. The molecule has 1 aliphatic heterocycles. The summed E-state index contributed by atoms with van der Waals surface area (Å²) in [6.45, 7) is 12.5. The number of piperidine rings is 1. The van der Waals surface area contributed by atoms with Crippen molar-refractivity contribution in [1.82, 2.24) is 15.3 Å². The third-order valence-electron chi connectivity index (χ3n) is 3.91. The first-order chi connectivity index (χ1) is 10.4. The van der Waals surface area contributed by atoms with E-state index in [0.29, 0.717) is 12.5 Å². The van der Waals surface area contributed by atoms with Crippen LogP contribution in [0.4, 0.5) is 5.82 Å². The van der Waals surface area contributed by atoms with Crippen molar-refractivity contribution >= 4 is 11.7 Å². The van der Waals surface area contributed by atoms with E-state index in [1.165, 1.54) is 6.08 Å². The molecule has 1 saturated heterocycles. The molecule has 1 atom stereocenters. The van der Waals surface area contributed by atoms with E-state index >= 15 is 0 Å². The van der Waals surface area contributed by atoms with E-state index in [-0.39, 0.29) is 11.3 Å². The van der Waals surface area contributed by atoms with E-state index in [0.717, 1.165) is 37.6 Å². The highest BCUT2D eigenvalue weighted by Gasteiger charge is 2.23. The van der Waals surface area contributed by atoms with Gasteiger partial charge < -0.3 is 10.2 Å². The Hall–Kier alpha value is -1.91. The maximum absolute atomic E-state index is 11.3. The van der Waals surface area contributed by atoms with Gasteiger partial charge in [0.1, 0.15) is 11.6 Å². The predicted octanol–water partition coefficient (Wildman–Crippen LogP) is 2.29. The van der Waals surface area contributed by atoms with Gasteiger partial charge in [-0.3, -0.25) is 4.79 Å². The number of anilines is 1. The predicted molar refractivity (Wildman–Crippen MR) is 88.9 cm³/mol. The zero-order valence-electron chi connectivity index (χ0n) is 13.8. The van der Waals surface area contributed by atoms with Crippen molar-refractivity contribution in [1.29, 1.82) is 0 Å². The number of aromatic nitrogens is 2. The summed E-state index contributed by atoms with van der Waals surface area (Å²) in [7, 11) is 0. The van der Waals surface area contributed by atoms with Gasteiger partial charge in [0.05, 0.1) is 0 Å². The lowest BCUT2D eigenvalue weighted by atomic mass is 9.95. The molecule has 1 amide bonds. The highest BCUT2D eigenvalue weighted by atomic mass is 16.1. The minimum Gasteiger partial charge on any atom is -0.356 e. The fourth-order valence-corrected chi connectivity index (χ4v) is 2.64. The van der Waals surface area contributed by atoms with Gasteiger partial charge in [0.25, 0.3) is 0 Å². The monoisotopic (exact) mass is 302 g/mol. The lowest BCUT2D eigenvalue weighted by Gasteiger charge is -2.34. The molecule has 5 heteroatoms. The van der Waals surface area contributed by atoms with Crippen LogP contribution >= 0.6 is 0 Å². The fourth-order valence-electron chi connectivity index (χ4n) is 2.64. The van der Waals surface area contributed by atoms with E-state index in [1.54, 1.807) is 0 Å². The molecule has 1 aliphatic rings. The zero-order chi connectivity index (χ0) is 16.2.